The third kappa shape index (κ3) is 7.40. The fraction of sp³-hybridized carbons (Fsp3) is 0.241. The molecule has 1 saturated carbocycles. The fourth-order valence-electron chi connectivity index (χ4n) is 3.93. The fourth-order valence-corrected chi connectivity index (χ4v) is 5.79. The van der Waals surface area contributed by atoms with Crippen molar-refractivity contribution in [2.75, 3.05) is 6.26 Å². The standard InChI is InChI=1S/C26H14F8N2O2S2.C3H6/c1-40(38)23-7-3-14(25(29,30)31)8-16(23)21-5-6-22(39-21)20-10-18(26(32,33)34)17(11-35)24(37)36(20)12-13-2-4-15(27)9-19(13)28;1-2-3-1/h2-10H,12H2,1H3;1-3H2. The summed E-state index contributed by atoms with van der Waals surface area (Å²) in [5.74, 6) is -2.03. The summed E-state index contributed by atoms with van der Waals surface area (Å²) in [4.78, 5) is 13.2. The molecule has 1 fully saturated rings. The monoisotopic (exact) mass is 644 g/mol. The van der Waals surface area contributed by atoms with Gasteiger partial charge in [0.05, 0.1) is 39.0 Å². The molecule has 5 rings (SSSR count). The Morgan fingerprint density at radius 3 is 2.09 bits per heavy atom. The lowest BCUT2D eigenvalue weighted by Gasteiger charge is -2.17. The SMILES string of the molecule is C1CC1.CS(=O)c1ccc(C(F)(F)F)cc1-c1ccc(-c2cc(C(F)(F)F)c(C#N)c(=O)n2Cc2ccc(F)cc2F)s1. The van der Waals surface area contributed by atoms with Crippen LogP contribution in [0.25, 0.3) is 21.0 Å². The number of thiophene rings is 1. The first-order valence-electron chi connectivity index (χ1n) is 12.5. The molecule has 4 nitrogen and oxygen atoms in total. The topological polar surface area (TPSA) is 62.9 Å². The van der Waals surface area contributed by atoms with Crippen LogP contribution in [0.1, 0.15) is 41.5 Å². The van der Waals surface area contributed by atoms with Gasteiger partial charge in [-0.25, -0.2) is 8.78 Å². The van der Waals surface area contributed by atoms with Crippen LogP contribution < -0.4 is 5.56 Å². The number of hydrogen-bond donors (Lipinski definition) is 0. The summed E-state index contributed by atoms with van der Waals surface area (Å²) in [5.41, 5.74) is -6.04. The Morgan fingerprint density at radius 1 is 0.907 bits per heavy atom. The maximum atomic E-state index is 14.4. The average molecular weight is 645 g/mol. The number of pyridine rings is 1. The van der Waals surface area contributed by atoms with Crippen molar-refractivity contribution < 1.29 is 39.3 Å². The molecule has 0 amide bonds. The first-order chi connectivity index (χ1) is 20.1. The number of alkyl halides is 6. The molecule has 0 radical (unpaired) electrons. The Bertz CT molecular complexity index is 1800. The van der Waals surface area contributed by atoms with Crippen molar-refractivity contribution in [3.8, 4) is 27.1 Å². The largest absolute Gasteiger partial charge is 0.417 e. The van der Waals surface area contributed by atoms with E-state index in [-0.39, 0.29) is 25.8 Å². The summed E-state index contributed by atoms with van der Waals surface area (Å²) in [5, 5.41) is 9.33. The molecule has 2 aromatic carbocycles. The van der Waals surface area contributed by atoms with E-state index in [1.165, 1.54) is 43.7 Å². The third-order valence-corrected chi connectivity index (χ3v) is 8.27. The lowest BCUT2D eigenvalue weighted by atomic mass is 10.1. The van der Waals surface area contributed by atoms with Gasteiger partial charge in [0.1, 0.15) is 23.3 Å². The van der Waals surface area contributed by atoms with Gasteiger partial charge in [-0.1, -0.05) is 25.3 Å². The molecule has 0 aliphatic heterocycles. The zero-order valence-electron chi connectivity index (χ0n) is 22.1. The normalized spacial score (nSPS) is 13.6. The van der Waals surface area contributed by atoms with Crippen molar-refractivity contribution in [2.45, 2.75) is 43.1 Å². The highest BCUT2D eigenvalue weighted by atomic mass is 32.2. The predicted octanol–water partition coefficient (Wildman–Crippen LogP) is 8.39. The zero-order chi connectivity index (χ0) is 31.7. The molecule has 1 atom stereocenters. The number of halogens is 8. The molecule has 226 valence electrons. The molecule has 0 bridgehead atoms. The molecule has 1 aliphatic rings. The van der Waals surface area contributed by atoms with Gasteiger partial charge in [-0.05, 0) is 42.5 Å². The van der Waals surface area contributed by atoms with Gasteiger partial charge in [0.15, 0.2) is 0 Å². The average Bonchev–Trinajstić information content (AvgIpc) is 3.73. The molecule has 0 spiro atoms. The summed E-state index contributed by atoms with van der Waals surface area (Å²) >= 11 is 0.697. The summed E-state index contributed by atoms with van der Waals surface area (Å²) in [6.07, 6.45) is -4.13. The summed E-state index contributed by atoms with van der Waals surface area (Å²) in [6, 6.07) is 9.17. The van der Waals surface area contributed by atoms with Gasteiger partial charge in [-0.2, -0.15) is 31.6 Å². The van der Waals surface area contributed by atoms with Gasteiger partial charge in [-0.3, -0.25) is 9.00 Å². The van der Waals surface area contributed by atoms with Crippen LogP contribution in [-0.2, 0) is 29.7 Å². The molecule has 0 N–H and O–H groups in total. The molecule has 14 heteroatoms. The van der Waals surface area contributed by atoms with Gasteiger partial charge < -0.3 is 4.57 Å². The second kappa shape index (κ2) is 12.4. The molecule has 1 unspecified atom stereocenters. The molecule has 43 heavy (non-hydrogen) atoms. The van der Waals surface area contributed by atoms with Gasteiger partial charge >= 0.3 is 12.4 Å². The first-order valence-corrected chi connectivity index (χ1v) is 14.8. The third-order valence-electron chi connectivity index (χ3n) is 6.16. The van der Waals surface area contributed by atoms with Crippen LogP contribution in [-0.4, -0.2) is 15.0 Å². The highest BCUT2D eigenvalue weighted by Crippen LogP contribution is 2.41. The van der Waals surface area contributed by atoms with Gasteiger partial charge in [0, 0.05) is 33.2 Å². The van der Waals surface area contributed by atoms with Crippen LogP contribution in [0.4, 0.5) is 35.1 Å². The van der Waals surface area contributed by atoms with E-state index in [1.54, 1.807) is 0 Å². The Hall–Kier alpha value is -3.83. The van der Waals surface area contributed by atoms with E-state index < -0.39 is 69.3 Å². The number of rotatable bonds is 5. The van der Waals surface area contributed by atoms with Crippen LogP contribution in [0.15, 0.2) is 64.3 Å². The minimum Gasteiger partial charge on any atom is -0.302 e. The van der Waals surface area contributed by atoms with Crippen LogP contribution in [0.3, 0.4) is 0 Å². The van der Waals surface area contributed by atoms with Crippen molar-refractivity contribution in [3.05, 3.63) is 98.8 Å². The van der Waals surface area contributed by atoms with Gasteiger partial charge in [-0.15, -0.1) is 11.3 Å². The second-order valence-corrected chi connectivity index (χ2v) is 11.9. The molecule has 0 saturated heterocycles. The molecular formula is C29H20F8N2O2S2. The lowest BCUT2D eigenvalue weighted by molar-refractivity contribution is -0.138. The predicted molar refractivity (Wildman–Crippen MR) is 146 cm³/mol. The summed E-state index contributed by atoms with van der Waals surface area (Å²) in [6.45, 7) is -0.686. The van der Waals surface area contributed by atoms with Crippen molar-refractivity contribution in [1.29, 1.82) is 5.26 Å². The Balaban J connectivity index is 0.00000133. The van der Waals surface area contributed by atoms with E-state index in [1.807, 2.05) is 0 Å². The smallest absolute Gasteiger partial charge is 0.302 e. The molecule has 2 heterocycles. The van der Waals surface area contributed by atoms with Crippen molar-refractivity contribution >= 4 is 22.1 Å². The minimum absolute atomic E-state index is 0.0305. The summed E-state index contributed by atoms with van der Waals surface area (Å²) < 4.78 is 122. The summed E-state index contributed by atoms with van der Waals surface area (Å²) in [7, 11) is -1.74. The maximum Gasteiger partial charge on any atom is 0.417 e. The van der Waals surface area contributed by atoms with Crippen LogP contribution in [0, 0.1) is 23.0 Å². The molecule has 2 aromatic heterocycles. The van der Waals surface area contributed by atoms with Crippen molar-refractivity contribution in [3.63, 3.8) is 0 Å². The highest BCUT2D eigenvalue weighted by molar-refractivity contribution is 7.84. The number of benzene rings is 2. The van der Waals surface area contributed by atoms with E-state index in [0.29, 0.717) is 28.0 Å². The lowest BCUT2D eigenvalue weighted by Crippen LogP contribution is -2.28. The maximum absolute atomic E-state index is 14.4. The van der Waals surface area contributed by atoms with E-state index in [4.69, 9.17) is 0 Å². The second-order valence-electron chi connectivity index (χ2n) is 9.44. The Kier molecular flexibility index (Phi) is 9.27. The minimum atomic E-state index is -5.13. The van der Waals surface area contributed by atoms with Gasteiger partial charge in [0.2, 0.25) is 0 Å². The Morgan fingerprint density at radius 2 is 1.56 bits per heavy atom. The number of hydrogen-bond acceptors (Lipinski definition) is 4. The van der Waals surface area contributed by atoms with Crippen LogP contribution in [0.2, 0.25) is 0 Å². The van der Waals surface area contributed by atoms with E-state index in [9.17, 15) is 49.4 Å². The number of nitriles is 1. The molecular weight excluding hydrogens is 624 g/mol. The van der Waals surface area contributed by atoms with Crippen molar-refractivity contribution in [1.82, 2.24) is 4.57 Å². The number of aromatic nitrogens is 1. The van der Waals surface area contributed by atoms with E-state index >= 15 is 0 Å². The molecule has 4 aromatic rings. The quantitative estimate of drug-likeness (QED) is 0.205. The highest BCUT2D eigenvalue weighted by Gasteiger charge is 2.37. The first kappa shape index (κ1) is 32.1. The van der Waals surface area contributed by atoms with Crippen molar-refractivity contribution in [2.24, 2.45) is 0 Å². The van der Waals surface area contributed by atoms with E-state index in [0.717, 1.165) is 30.3 Å². The zero-order valence-corrected chi connectivity index (χ0v) is 23.7. The Labute approximate surface area is 246 Å². The number of nitrogens with zero attached hydrogens (tertiary/aromatic N) is 2. The van der Waals surface area contributed by atoms with Gasteiger partial charge in [0.25, 0.3) is 5.56 Å². The van der Waals surface area contributed by atoms with Crippen LogP contribution in [0.5, 0.6) is 0 Å². The van der Waals surface area contributed by atoms with Crippen LogP contribution >= 0.6 is 11.3 Å². The molecule has 1 aliphatic carbocycles. The van der Waals surface area contributed by atoms with E-state index in [2.05, 4.69) is 0 Å².